The fourth-order valence-electron chi connectivity index (χ4n) is 2.22. The molecule has 0 bridgehead atoms. The number of nitrogens with zero attached hydrogens (tertiary/aromatic N) is 1. The lowest BCUT2D eigenvalue weighted by molar-refractivity contribution is -0.693. The molecule has 0 N–H and O–H groups in total. The Morgan fingerprint density at radius 1 is 1.06 bits per heavy atom. The highest BCUT2D eigenvalue weighted by atomic mass is 32.2. The average molecular weight is 272 g/mol. The maximum Gasteiger partial charge on any atom is 0.295 e. The van der Waals surface area contributed by atoms with E-state index in [9.17, 15) is 0 Å². The molecule has 18 heavy (non-hydrogen) atoms. The van der Waals surface area contributed by atoms with Gasteiger partial charge in [0.1, 0.15) is 4.70 Å². The van der Waals surface area contributed by atoms with E-state index in [0.29, 0.717) is 0 Å². The van der Waals surface area contributed by atoms with Crippen molar-refractivity contribution in [2.24, 2.45) is 0 Å². The van der Waals surface area contributed by atoms with Crippen LogP contribution >= 0.6 is 24.0 Å². The topological polar surface area (TPSA) is 3.88 Å². The standard InChI is InChI=1S/C15H13NS2/c1-11-6-5-9-13-14(11)16(15(17)18-13)10-12-7-3-2-4-8-12/h2-9H,10H2,1H3/p+1. The summed E-state index contributed by atoms with van der Waals surface area (Å²) in [7, 11) is 0. The fourth-order valence-corrected chi connectivity index (χ4v) is 3.67. The summed E-state index contributed by atoms with van der Waals surface area (Å²) in [5.41, 5.74) is 3.91. The van der Waals surface area contributed by atoms with Crippen LogP contribution in [0.3, 0.4) is 0 Å². The van der Waals surface area contributed by atoms with Crippen molar-refractivity contribution in [3.8, 4) is 0 Å². The first kappa shape index (κ1) is 11.8. The molecule has 0 unspecified atom stereocenters. The van der Waals surface area contributed by atoms with E-state index in [1.54, 1.807) is 11.3 Å². The van der Waals surface area contributed by atoms with Gasteiger partial charge in [-0.1, -0.05) is 66.4 Å². The molecule has 0 aliphatic rings. The lowest BCUT2D eigenvalue weighted by Crippen LogP contribution is -2.34. The molecule has 90 valence electrons. The van der Waals surface area contributed by atoms with Crippen LogP contribution < -0.4 is 4.57 Å². The minimum Gasteiger partial charge on any atom is -0.172 e. The van der Waals surface area contributed by atoms with Gasteiger partial charge in [-0.25, -0.2) is 0 Å². The largest absolute Gasteiger partial charge is 0.295 e. The van der Waals surface area contributed by atoms with Crippen LogP contribution in [0.4, 0.5) is 0 Å². The number of benzene rings is 2. The molecule has 1 aromatic heterocycles. The average Bonchev–Trinajstić information content (AvgIpc) is 2.69. The number of hydrogen-bond donors (Lipinski definition) is 1. The number of para-hydroxylation sites is 1. The molecule has 0 saturated heterocycles. The zero-order valence-electron chi connectivity index (χ0n) is 10.1. The maximum absolute atomic E-state index is 4.62. The van der Waals surface area contributed by atoms with E-state index in [0.717, 1.165) is 10.9 Å². The number of hydrogen-bond acceptors (Lipinski definition) is 2. The van der Waals surface area contributed by atoms with Gasteiger partial charge in [-0.05, 0) is 13.0 Å². The van der Waals surface area contributed by atoms with Crippen LogP contribution in [0.25, 0.3) is 10.2 Å². The van der Waals surface area contributed by atoms with E-state index in [-0.39, 0.29) is 0 Å². The van der Waals surface area contributed by atoms with Gasteiger partial charge >= 0.3 is 0 Å². The number of aryl methyl sites for hydroxylation is 1. The Labute approximate surface area is 116 Å². The molecule has 0 aliphatic carbocycles. The predicted octanol–water partition coefficient (Wildman–Crippen LogP) is 3.83. The lowest BCUT2D eigenvalue weighted by atomic mass is 10.2. The van der Waals surface area contributed by atoms with E-state index in [2.05, 4.69) is 66.6 Å². The molecule has 0 saturated carbocycles. The summed E-state index contributed by atoms with van der Waals surface area (Å²) in [5.74, 6) is 0. The highest BCUT2D eigenvalue weighted by Crippen LogP contribution is 2.25. The van der Waals surface area contributed by atoms with Gasteiger partial charge in [0.25, 0.3) is 4.34 Å². The van der Waals surface area contributed by atoms with Crippen LogP contribution in [0.2, 0.25) is 0 Å². The van der Waals surface area contributed by atoms with E-state index in [4.69, 9.17) is 0 Å². The number of thiazole rings is 1. The van der Waals surface area contributed by atoms with Crippen LogP contribution in [0.5, 0.6) is 0 Å². The Morgan fingerprint density at radius 2 is 1.83 bits per heavy atom. The van der Waals surface area contributed by atoms with Crippen molar-refractivity contribution < 1.29 is 4.57 Å². The molecular weight excluding hydrogens is 258 g/mol. The quantitative estimate of drug-likeness (QED) is 0.534. The summed E-state index contributed by atoms with van der Waals surface area (Å²) in [6, 6.07) is 16.9. The van der Waals surface area contributed by atoms with Crippen molar-refractivity contribution in [2.75, 3.05) is 0 Å². The van der Waals surface area contributed by atoms with Crippen molar-refractivity contribution in [1.29, 1.82) is 0 Å². The van der Waals surface area contributed by atoms with Gasteiger partial charge in [0.2, 0.25) is 5.52 Å². The first-order valence-electron chi connectivity index (χ1n) is 5.90. The molecule has 3 aromatic rings. The Kier molecular flexibility index (Phi) is 3.10. The second kappa shape index (κ2) is 4.75. The summed E-state index contributed by atoms with van der Waals surface area (Å²) in [6.45, 7) is 3.04. The Morgan fingerprint density at radius 3 is 2.61 bits per heavy atom. The third-order valence-electron chi connectivity index (χ3n) is 3.09. The third kappa shape index (κ3) is 2.04. The van der Waals surface area contributed by atoms with Crippen molar-refractivity contribution >= 4 is 34.2 Å². The normalized spacial score (nSPS) is 11.0. The highest BCUT2D eigenvalue weighted by Gasteiger charge is 2.19. The molecule has 0 fully saturated rings. The summed E-state index contributed by atoms with van der Waals surface area (Å²) in [4.78, 5) is 0. The summed E-state index contributed by atoms with van der Waals surface area (Å²) in [5, 5.41) is 0. The van der Waals surface area contributed by atoms with Crippen LogP contribution in [0.15, 0.2) is 52.9 Å². The van der Waals surface area contributed by atoms with Gasteiger partial charge in [0, 0.05) is 11.1 Å². The molecule has 3 rings (SSSR count). The fraction of sp³-hybridized carbons (Fsp3) is 0.133. The molecule has 0 aliphatic heterocycles. The molecule has 1 nitrogen and oxygen atoms in total. The van der Waals surface area contributed by atoms with Gasteiger partial charge in [0.05, 0.1) is 0 Å². The number of fused-ring (bicyclic) bond motifs is 1. The summed E-state index contributed by atoms with van der Waals surface area (Å²) >= 11 is 6.35. The van der Waals surface area contributed by atoms with Crippen molar-refractivity contribution in [1.82, 2.24) is 0 Å². The maximum atomic E-state index is 4.62. The Balaban J connectivity index is 2.14. The predicted molar refractivity (Wildman–Crippen MR) is 79.6 cm³/mol. The zero-order chi connectivity index (χ0) is 12.5. The smallest absolute Gasteiger partial charge is 0.172 e. The molecule has 3 heteroatoms. The zero-order valence-corrected chi connectivity index (χ0v) is 11.8. The molecule has 2 aromatic carbocycles. The Hall–Kier alpha value is -1.32. The van der Waals surface area contributed by atoms with Crippen LogP contribution in [-0.2, 0) is 6.54 Å². The van der Waals surface area contributed by atoms with E-state index < -0.39 is 0 Å². The number of thiol groups is 1. The van der Waals surface area contributed by atoms with E-state index in [1.165, 1.54) is 21.3 Å². The van der Waals surface area contributed by atoms with Crippen LogP contribution in [0.1, 0.15) is 11.1 Å². The van der Waals surface area contributed by atoms with E-state index in [1.807, 2.05) is 6.07 Å². The molecular formula is C15H14NS2+. The van der Waals surface area contributed by atoms with Crippen LogP contribution in [-0.4, -0.2) is 0 Å². The van der Waals surface area contributed by atoms with Gasteiger partial charge < -0.3 is 0 Å². The van der Waals surface area contributed by atoms with Crippen molar-refractivity contribution in [3.63, 3.8) is 0 Å². The lowest BCUT2D eigenvalue weighted by Gasteiger charge is -1.99. The minimum atomic E-state index is 0.879. The van der Waals surface area contributed by atoms with Gasteiger partial charge in [0.15, 0.2) is 6.54 Å². The second-order valence-electron chi connectivity index (χ2n) is 4.38. The SMILES string of the molecule is Cc1cccc2sc(S)[n+](Cc3ccccc3)c12. The summed E-state index contributed by atoms with van der Waals surface area (Å²) in [6.07, 6.45) is 0. The molecule has 1 heterocycles. The minimum absolute atomic E-state index is 0.879. The highest BCUT2D eigenvalue weighted by molar-refractivity contribution is 7.82. The molecule has 0 atom stereocenters. The first-order valence-corrected chi connectivity index (χ1v) is 7.17. The van der Waals surface area contributed by atoms with Gasteiger partial charge in [-0.15, -0.1) is 0 Å². The summed E-state index contributed by atoms with van der Waals surface area (Å²) < 4.78 is 4.65. The molecule has 0 radical (unpaired) electrons. The molecule has 0 amide bonds. The van der Waals surface area contributed by atoms with E-state index >= 15 is 0 Å². The number of rotatable bonds is 2. The number of aromatic nitrogens is 1. The molecule has 0 spiro atoms. The van der Waals surface area contributed by atoms with Gasteiger partial charge in [-0.2, -0.15) is 4.57 Å². The van der Waals surface area contributed by atoms with Crippen LogP contribution in [0, 0.1) is 6.92 Å². The van der Waals surface area contributed by atoms with Gasteiger partial charge in [-0.3, -0.25) is 0 Å². The monoisotopic (exact) mass is 272 g/mol. The second-order valence-corrected chi connectivity index (χ2v) is 6.13. The van der Waals surface area contributed by atoms with Crippen molar-refractivity contribution in [3.05, 3.63) is 59.7 Å². The van der Waals surface area contributed by atoms with Crippen molar-refractivity contribution in [2.45, 2.75) is 17.8 Å². The first-order chi connectivity index (χ1) is 8.75. The third-order valence-corrected chi connectivity index (χ3v) is 4.55. The Bertz CT molecular complexity index is 686.